The van der Waals surface area contributed by atoms with E-state index in [0.717, 1.165) is 0 Å². The molecule has 0 N–H and O–H groups in total. The van der Waals surface area contributed by atoms with Crippen LogP contribution in [-0.2, 0) is 0 Å². The minimum atomic E-state index is 1.34. The zero-order valence-corrected chi connectivity index (χ0v) is 50.8. The van der Waals surface area contributed by atoms with E-state index in [1.54, 1.807) is 0 Å². The molecule has 9 rings (SSSR count). The van der Waals surface area contributed by atoms with Crippen LogP contribution in [0.2, 0.25) is 0 Å². The second-order valence-corrected chi connectivity index (χ2v) is 24.7. The maximum absolute atomic E-state index is 2.21. The van der Waals surface area contributed by atoms with E-state index in [-0.39, 0.29) is 0 Å². The lowest BCUT2D eigenvalue weighted by Crippen LogP contribution is -1.85. The first kappa shape index (κ1) is 71.0. The minimum absolute atomic E-state index is 1.34. The highest BCUT2D eigenvalue weighted by molar-refractivity contribution is 4.57. The SMILES string of the molecule is C1CCC1.C1CCC1.C1CCC1.C1CCC1.C1CCCCC1.C1CCCCC1.C1CCCCCCC1.C1CCCCCCCCC1.C1CCCCCCCCCCCCCCCCCCC1.CCCCC. The highest BCUT2D eigenvalue weighted by atomic mass is 14.1. The second-order valence-electron chi connectivity index (χ2n) is 24.7. The van der Waals surface area contributed by atoms with Gasteiger partial charge in [-0.25, -0.2) is 0 Å². The Hall–Kier alpha value is 0. The van der Waals surface area contributed by atoms with Crippen LogP contribution in [0, 0.1) is 0 Å². The smallest absolute Gasteiger partial charge is 0.0533 e. The first-order chi connectivity index (χ1) is 35.4. The number of hydrogen-bond donors (Lipinski definition) is 0. The van der Waals surface area contributed by atoms with Crippen molar-refractivity contribution in [2.24, 2.45) is 0 Å². The predicted octanol–water partition coefficient (Wildman–Crippen LogP) is 27.9. The van der Waals surface area contributed by atoms with Gasteiger partial charge in [0.05, 0.1) is 0 Å². The first-order valence-electron chi connectivity index (χ1n) is 35.4. The Bertz CT molecular complexity index is 590. The molecule has 0 aromatic heterocycles. The van der Waals surface area contributed by atoms with E-state index in [9.17, 15) is 0 Å². The van der Waals surface area contributed by atoms with Gasteiger partial charge in [-0.15, -0.1) is 0 Å². The molecule has 0 atom stereocenters. The summed E-state index contributed by atoms with van der Waals surface area (Å²) in [4.78, 5) is 0. The molecule has 9 fully saturated rings. The van der Waals surface area contributed by atoms with Gasteiger partial charge < -0.3 is 0 Å². The molecule has 0 heterocycles. The highest BCUT2D eigenvalue weighted by Gasteiger charge is 2.01. The van der Waals surface area contributed by atoms with Gasteiger partial charge in [0.2, 0.25) is 0 Å². The van der Waals surface area contributed by atoms with E-state index in [2.05, 4.69) is 13.8 Å². The van der Waals surface area contributed by atoms with Crippen LogP contribution in [-0.4, -0.2) is 0 Å². The number of unbranched alkanes of at least 4 members (excludes halogenated alkanes) is 2. The zero-order chi connectivity index (χ0) is 50.8. The van der Waals surface area contributed by atoms with Crippen LogP contribution < -0.4 is 0 Å². The molecule has 0 aromatic carbocycles. The molecular weight excluding hydrogens is 853 g/mol. The van der Waals surface area contributed by atoms with Gasteiger partial charge in [0.1, 0.15) is 0 Å². The molecule has 0 amide bonds. The average Bonchev–Trinajstić information content (AvgIpc) is 3.31. The first-order valence-corrected chi connectivity index (χ1v) is 35.4. The molecule has 0 nitrogen and oxygen atoms in total. The third-order valence-electron chi connectivity index (χ3n) is 17.2. The standard InChI is InChI=1S/C20H40.C10H20.C8H16.2C6H12.C5H12.4C4H8/c1-2-4-6-8-10-12-14-16-18-20-19-17-15-13-11-9-7-5-3-1;1-2-4-6-8-10-9-7-5-3-1;1-2-4-6-8-7-5-3-1;2*1-2-4-6-5-3-1;1-3-5-4-2;4*1-2-4-3-1/h1-20H2;1-10H2;1-8H2;2*1-6H2;3-5H2,1-2H3;4*1-4H2. The number of rotatable bonds is 2. The fourth-order valence-electron chi connectivity index (χ4n) is 10.2. The van der Waals surface area contributed by atoms with E-state index < -0.39 is 0 Å². The van der Waals surface area contributed by atoms with Gasteiger partial charge in [-0.3, -0.25) is 0 Å². The van der Waals surface area contributed by atoms with Gasteiger partial charge in [-0.05, 0) is 0 Å². The van der Waals surface area contributed by atoms with Gasteiger partial charge in [0.15, 0.2) is 0 Å². The average molecular weight is 998 g/mol. The van der Waals surface area contributed by atoms with Crippen LogP contribution >= 0.6 is 0 Å². The predicted molar refractivity (Wildman–Crippen MR) is 330 cm³/mol. The van der Waals surface area contributed by atoms with E-state index in [1.807, 2.05) is 0 Å². The maximum Gasteiger partial charge on any atom is -0.0533 e. The Labute approximate surface area is 454 Å². The van der Waals surface area contributed by atoms with Crippen molar-refractivity contribution in [3.8, 4) is 0 Å². The lowest BCUT2D eigenvalue weighted by Gasteiger charge is -2.05. The van der Waals surface area contributed by atoms with Crippen molar-refractivity contribution in [1.82, 2.24) is 0 Å². The van der Waals surface area contributed by atoms with Crippen LogP contribution in [0.3, 0.4) is 0 Å². The van der Waals surface area contributed by atoms with Gasteiger partial charge in [-0.1, -0.05) is 457 Å². The molecule has 428 valence electrons. The molecule has 9 aliphatic carbocycles. The van der Waals surface area contributed by atoms with E-state index in [1.165, 1.54) is 443 Å². The Morgan fingerprint density at radius 1 is 0.0986 bits per heavy atom. The molecule has 0 bridgehead atoms. The molecule has 0 aromatic rings. The third-order valence-corrected chi connectivity index (χ3v) is 17.2. The van der Waals surface area contributed by atoms with Crippen molar-refractivity contribution in [2.75, 3.05) is 0 Å². The largest absolute Gasteiger partial charge is 0.0654 e. The zero-order valence-electron chi connectivity index (χ0n) is 50.8. The fourth-order valence-corrected chi connectivity index (χ4v) is 10.2. The second kappa shape index (κ2) is 70.0. The summed E-state index contributed by atoms with van der Waals surface area (Å²) in [7, 11) is 0. The van der Waals surface area contributed by atoms with Crippen molar-refractivity contribution in [3.63, 3.8) is 0 Å². The summed E-state index contributed by atoms with van der Waals surface area (Å²) in [6.45, 7) is 4.42. The van der Waals surface area contributed by atoms with Gasteiger partial charge in [0, 0.05) is 0 Å². The van der Waals surface area contributed by atoms with Gasteiger partial charge >= 0.3 is 0 Å². The van der Waals surface area contributed by atoms with Gasteiger partial charge in [-0.2, -0.15) is 0 Å². The molecule has 9 saturated carbocycles. The summed E-state index contributed by atoms with van der Waals surface area (Å²) in [5.74, 6) is 0. The summed E-state index contributed by atoms with van der Waals surface area (Å²) in [5.41, 5.74) is 0. The van der Waals surface area contributed by atoms with Crippen LogP contribution in [0.4, 0.5) is 0 Å². The van der Waals surface area contributed by atoms with E-state index in [0.29, 0.717) is 0 Å². The van der Waals surface area contributed by atoms with Crippen molar-refractivity contribution in [1.29, 1.82) is 0 Å². The summed E-state index contributed by atoms with van der Waals surface area (Å²) < 4.78 is 0. The molecule has 0 heteroatoms. The molecule has 0 unspecified atom stereocenters. The van der Waals surface area contributed by atoms with Crippen LogP contribution in [0.15, 0.2) is 0 Å². The highest BCUT2D eigenvalue weighted by Crippen LogP contribution is 2.21. The lowest BCUT2D eigenvalue weighted by molar-refractivity contribution is 0.504. The van der Waals surface area contributed by atoms with Crippen molar-refractivity contribution in [3.05, 3.63) is 0 Å². The summed E-state index contributed by atoms with van der Waals surface area (Å²) in [6.07, 6.45) is 103. The molecule has 71 heavy (non-hydrogen) atoms. The van der Waals surface area contributed by atoms with Crippen molar-refractivity contribution in [2.45, 2.75) is 457 Å². The Morgan fingerprint density at radius 2 is 0.141 bits per heavy atom. The van der Waals surface area contributed by atoms with Crippen LogP contribution in [0.1, 0.15) is 457 Å². The topological polar surface area (TPSA) is 0 Å². The molecule has 0 aliphatic heterocycles. The Kier molecular flexibility index (Phi) is 70.0. The molecule has 0 spiro atoms. The normalized spacial score (nSPS) is 22.9. The van der Waals surface area contributed by atoms with Crippen molar-refractivity contribution < 1.29 is 0 Å². The van der Waals surface area contributed by atoms with Gasteiger partial charge in [0.25, 0.3) is 0 Å². The Balaban J connectivity index is 0.000000817. The summed E-state index contributed by atoms with van der Waals surface area (Å²) in [5, 5.41) is 0. The third kappa shape index (κ3) is 70.0. The molecule has 9 aliphatic rings. The number of hydrogen-bond acceptors (Lipinski definition) is 0. The monoisotopic (exact) mass is 997 g/mol. The van der Waals surface area contributed by atoms with Crippen LogP contribution in [0.5, 0.6) is 0 Å². The van der Waals surface area contributed by atoms with Crippen LogP contribution in [0.25, 0.3) is 0 Å². The summed E-state index contributed by atoms with van der Waals surface area (Å²) in [6, 6.07) is 0. The molecule has 0 saturated heterocycles. The van der Waals surface area contributed by atoms with E-state index in [4.69, 9.17) is 0 Å². The minimum Gasteiger partial charge on any atom is -0.0654 e. The maximum atomic E-state index is 2.21. The fraction of sp³-hybridized carbons (Fsp3) is 1.00. The van der Waals surface area contributed by atoms with E-state index >= 15 is 0 Å². The lowest BCUT2D eigenvalue weighted by atomic mass is 10.0. The molecule has 0 radical (unpaired) electrons. The Morgan fingerprint density at radius 3 is 0.155 bits per heavy atom. The quantitative estimate of drug-likeness (QED) is 0.259. The summed E-state index contributed by atoms with van der Waals surface area (Å²) >= 11 is 0. The van der Waals surface area contributed by atoms with Crippen molar-refractivity contribution >= 4 is 0 Å². The molecular formula is C71H144.